The first kappa shape index (κ1) is 22.8. The molecule has 0 aliphatic heterocycles. The Balaban J connectivity index is 2.21. The van der Waals surface area contributed by atoms with Crippen LogP contribution in [0.2, 0.25) is 0 Å². The van der Waals surface area contributed by atoms with Gasteiger partial charge in [0.2, 0.25) is 0 Å². The van der Waals surface area contributed by atoms with Gasteiger partial charge in [-0.25, -0.2) is 22.3 Å². The maximum Gasteiger partial charge on any atom is 0.433 e. The van der Waals surface area contributed by atoms with Crippen LogP contribution >= 0.6 is 0 Å². The van der Waals surface area contributed by atoms with Gasteiger partial charge in [0.1, 0.15) is 10.6 Å². The van der Waals surface area contributed by atoms with Gasteiger partial charge in [-0.15, -0.1) is 0 Å². The Labute approximate surface area is 175 Å². The molecule has 0 atom stereocenters. The minimum atomic E-state index is -4.67. The third kappa shape index (κ3) is 4.90. The highest BCUT2D eigenvalue weighted by molar-refractivity contribution is 7.92. The van der Waals surface area contributed by atoms with Gasteiger partial charge in [0.05, 0.1) is 16.8 Å². The van der Waals surface area contributed by atoms with Crippen LogP contribution in [0.4, 0.5) is 13.2 Å². The van der Waals surface area contributed by atoms with Crippen molar-refractivity contribution in [3.05, 3.63) is 42.0 Å². The summed E-state index contributed by atoms with van der Waals surface area (Å²) in [5.41, 5.74) is -1.43. The number of carbonyl (C=O) groups excluding carboxylic acids is 1. The Bertz CT molecular complexity index is 1410. The predicted molar refractivity (Wildman–Crippen MR) is 106 cm³/mol. The number of fused-ring (bicyclic) bond motifs is 1. The largest absolute Gasteiger partial charge is 0.433 e. The number of carbonyl (C=O) groups is 1. The van der Waals surface area contributed by atoms with Gasteiger partial charge < -0.3 is 0 Å². The van der Waals surface area contributed by atoms with Crippen LogP contribution in [-0.2, 0) is 25.7 Å². The lowest BCUT2D eigenvalue weighted by atomic mass is 10.2. The zero-order chi connectivity index (χ0) is 23.2. The van der Waals surface area contributed by atoms with E-state index in [9.17, 15) is 30.6 Å². The number of hydrogen-bond acceptors (Lipinski definition) is 7. The lowest BCUT2D eigenvalue weighted by Crippen LogP contribution is -2.13. The highest BCUT2D eigenvalue weighted by Gasteiger charge is 2.33. The standard InChI is InChI=1S/C17H16F3N5O4S2/c1-4-31(28,29)13-5-10(16(26)24-30(2,3)27)7-22-15(13)25-9-11-8-21-14(17(18,19)20)6-12(11)23-25/h5-9H,4H2,1-3H3. The lowest BCUT2D eigenvalue weighted by molar-refractivity contribution is -0.141. The van der Waals surface area contributed by atoms with Crippen molar-refractivity contribution in [3.63, 3.8) is 0 Å². The third-order valence-electron chi connectivity index (χ3n) is 3.99. The topological polar surface area (TPSA) is 124 Å². The summed E-state index contributed by atoms with van der Waals surface area (Å²) in [5.74, 6) is -1.46. The maximum absolute atomic E-state index is 12.9. The Kier molecular flexibility index (Phi) is 5.65. The third-order valence-corrected chi connectivity index (χ3v) is 6.33. The Morgan fingerprint density at radius 3 is 2.39 bits per heavy atom. The van der Waals surface area contributed by atoms with E-state index in [0.29, 0.717) is 0 Å². The zero-order valence-electron chi connectivity index (χ0n) is 16.4. The first-order chi connectivity index (χ1) is 14.2. The van der Waals surface area contributed by atoms with Crippen LogP contribution in [0.15, 0.2) is 40.0 Å². The minimum absolute atomic E-state index is 0.0733. The first-order valence-electron chi connectivity index (χ1n) is 8.58. The van der Waals surface area contributed by atoms with E-state index in [-0.39, 0.29) is 32.9 Å². The Hall–Kier alpha value is -2.87. The van der Waals surface area contributed by atoms with E-state index < -0.39 is 37.3 Å². The summed E-state index contributed by atoms with van der Waals surface area (Å²) in [6.45, 7) is 1.38. The van der Waals surface area contributed by atoms with Crippen molar-refractivity contribution in [2.75, 3.05) is 18.3 Å². The summed E-state index contributed by atoms with van der Waals surface area (Å²) in [6.07, 6.45) is 1.09. The molecular weight excluding hydrogens is 459 g/mol. The molecule has 0 unspecified atom stereocenters. The molecule has 166 valence electrons. The number of halogens is 3. The van der Waals surface area contributed by atoms with Gasteiger partial charge >= 0.3 is 6.18 Å². The van der Waals surface area contributed by atoms with E-state index in [4.69, 9.17) is 0 Å². The maximum atomic E-state index is 12.9. The fourth-order valence-electron chi connectivity index (χ4n) is 2.54. The Morgan fingerprint density at radius 1 is 1.13 bits per heavy atom. The molecule has 0 N–H and O–H groups in total. The van der Waals surface area contributed by atoms with E-state index in [1.54, 1.807) is 0 Å². The van der Waals surface area contributed by atoms with Crippen LogP contribution in [0, 0.1) is 0 Å². The SMILES string of the molecule is CCS(=O)(=O)c1cc(C(=O)N=S(C)(C)=O)cnc1-n1cc2cnc(C(F)(F)F)cc2n1. The van der Waals surface area contributed by atoms with Crippen molar-refractivity contribution in [2.45, 2.75) is 18.0 Å². The average molecular weight is 475 g/mol. The zero-order valence-corrected chi connectivity index (χ0v) is 18.0. The van der Waals surface area contributed by atoms with E-state index in [1.807, 2.05) is 0 Å². The van der Waals surface area contributed by atoms with Crippen LogP contribution in [0.1, 0.15) is 23.0 Å². The van der Waals surface area contributed by atoms with Crippen LogP contribution in [0.3, 0.4) is 0 Å². The summed E-state index contributed by atoms with van der Waals surface area (Å²) in [6, 6.07) is 1.76. The number of rotatable bonds is 4. The van der Waals surface area contributed by atoms with E-state index >= 15 is 0 Å². The molecule has 3 aromatic heterocycles. The average Bonchev–Trinajstić information content (AvgIpc) is 3.08. The number of hydrogen-bond donors (Lipinski definition) is 0. The quantitative estimate of drug-likeness (QED) is 0.568. The van der Waals surface area contributed by atoms with E-state index in [0.717, 1.165) is 29.2 Å². The Morgan fingerprint density at radius 2 is 1.81 bits per heavy atom. The highest BCUT2D eigenvalue weighted by Crippen LogP contribution is 2.30. The normalized spacial score (nSPS) is 12.8. The molecule has 0 aliphatic rings. The summed E-state index contributed by atoms with van der Waals surface area (Å²) in [7, 11) is -6.72. The number of pyridine rings is 2. The van der Waals surface area contributed by atoms with Crippen LogP contribution in [-0.4, -0.2) is 56.5 Å². The van der Waals surface area contributed by atoms with Gasteiger partial charge in [-0.3, -0.25) is 9.78 Å². The van der Waals surface area contributed by atoms with Gasteiger partial charge in [-0.2, -0.15) is 22.6 Å². The van der Waals surface area contributed by atoms with Crippen molar-refractivity contribution in [3.8, 4) is 5.82 Å². The summed E-state index contributed by atoms with van der Waals surface area (Å²) in [5, 5.41) is 4.22. The molecule has 0 radical (unpaired) electrons. The molecule has 0 saturated heterocycles. The molecule has 0 saturated carbocycles. The molecule has 3 rings (SSSR count). The van der Waals surface area contributed by atoms with E-state index in [1.165, 1.54) is 25.6 Å². The molecule has 31 heavy (non-hydrogen) atoms. The summed E-state index contributed by atoms with van der Waals surface area (Å²) in [4.78, 5) is 19.2. The molecular formula is C17H16F3N5O4S2. The van der Waals surface area contributed by atoms with Crippen LogP contribution in [0.5, 0.6) is 0 Å². The van der Waals surface area contributed by atoms with Gasteiger partial charge in [0, 0.05) is 46.2 Å². The fourth-order valence-corrected chi connectivity index (χ4v) is 4.09. The second kappa shape index (κ2) is 7.67. The highest BCUT2D eigenvalue weighted by atomic mass is 32.2. The van der Waals surface area contributed by atoms with Crippen molar-refractivity contribution in [1.82, 2.24) is 19.7 Å². The lowest BCUT2D eigenvalue weighted by Gasteiger charge is -2.09. The second-order valence-corrected chi connectivity index (χ2v) is 11.5. The fraction of sp³-hybridized carbons (Fsp3) is 0.294. The summed E-state index contributed by atoms with van der Waals surface area (Å²) >= 11 is 0. The van der Waals surface area contributed by atoms with Crippen molar-refractivity contribution in [1.29, 1.82) is 0 Å². The second-order valence-electron chi connectivity index (χ2n) is 6.73. The predicted octanol–water partition coefficient (Wildman–Crippen LogP) is 2.50. The molecule has 3 aromatic rings. The molecule has 0 fully saturated rings. The monoisotopic (exact) mass is 475 g/mol. The molecule has 14 heteroatoms. The summed E-state index contributed by atoms with van der Waals surface area (Å²) < 4.78 is 80.2. The number of alkyl halides is 3. The van der Waals surface area contributed by atoms with Crippen molar-refractivity contribution in [2.24, 2.45) is 4.36 Å². The molecule has 3 heterocycles. The molecule has 0 bridgehead atoms. The van der Waals surface area contributed by atoms with Gasteiger partial charge in [-0.05, 0) is 12.1 Å². The molecule has 0 aromatic carbocycles. The van der Waals surface area contributed by atoms with Crippen molar-refractivity contribution >= 4 is 36.4 Å². The number of sulfone groups is 1. The van der Waals surface area contributed by atoms with Gasteiger partial charge in [0.15, 0.2) is 15.7 Å². The molecule has 0 spiro atoms. The van der Waals surface area contributed by atoms with Crippen LogP contribution in [0.25, 0.3) is 16.7 Å². The number of aromatic nitrogens is 4. The van der Waals surface area contributed by atoms with E-state index in [2.05, 4.69) is 19.4 Å². The molecule has 9 nitrogen and oxygen atoms in total. The minimum Gasteiger partial charge on any atom is -0.266 e. The number of amides is 1. The smallest absolute Gasteiger partial charge is 0.266 e. The van der Waals surface area contributed by atoms with Gasteiger partial charge in [-0.1, -0.05) is 6.92 Å². The van der Waals surface area contributed by atoms with Crippen LogP contribution < -0.4 is 0 Å². The molecule has 1 amide bonds. The first-order valence-corrected chi connectivity index (χ1v) is 12.6. The molecule has 0 aliphatic carbocycles. The van der Waals surface area contributed by atoms with Crippen molar-refractivity contribution < 1.29 is 30.6 Å². The van der Waals surface area contributed by atoms with Gasteiger partial charge in [0.25, 0.3) is 5.91 Å². The number of nitrogens with zero attached hydrogens (tertiary/aromatic N) is 5.